The molecule has 1 fully saturated rings. The first kappa shape index (κ1) is 20.2. The van der Waals surface area contributed by atoms with Gasteiger partial charge in [-0.3, -0.25) is 4.79 Å². The number of hydrogen-bond acceptors (Lipinski definition) is 6. The molecule has 3 rings (SSSR count). The van der Waals surface area contributed by atoms with E-state index in [1.54, 1.807) is 33.1 Å². The van der Waals surface area contributed by atoms with Gasteiger partial charge in [-0.25, -0.2) is 0 Å². The fraction of sp³-hybridized carbons (Fsp3) is 0.381. The highest BCUT2D eigenvalue weighted by molar-refractivity contribution is 8.00. The summed E-state index contributed by atoms with van der Waals surface area (Å²) in [7, 11) is 8.79. The number of carbonyl (C=O) groups is 1. The van der Waals surface area contributed by atoms with Crippen LogP contribution in [0.25, 0.3) is 0 Å². The van der Waals surface area contributed by atoms with Gasteiger partial charge >= 0.3 is 0 Å². The van der Waals surface area contributed by atoms with Crippen molar-refractivity contribution < 1.29 is 19.0 Å². The summed E-state index contributed by atoms with van der Waals surface area (Å²) in [6.45, 7) is 0.556. The zero-order valence-electron chi connectivity index (χ0n) is 16.9. The number of hydrogen-bond donors (Lipinski definition) is 0. The van der Waals surface area contributed by atoms with Crippen LogP contribution in [0.2, 0.25) is 0 Å². The Morgan fingerprint density at radius 3 is 2.14 bits per heavy atom. The number of methoxy groups -OCH3 is 3. The van der Waals surface area contributed by atoms with Crippen LogP contribution in [0, 0.1) is 0 Å². The molecule has 0 spiro atoms. The second-order valence-corrected chi connectivity index (χ2v) is 7.77. The molecule has 1 unspecified atom stereocenters. The molecule has 28 heavy (non-hydrogen) atoms. The second-order valence-electron chi connectivity index (χ2n) is 6.70. The summed E-state index contributed by atoms with van der Waals surface area (Å²) in [5.41, 5.74) is 3.18. The van der Waals surface area contributed by atoms with Gasteiger partial charge in [0.05, 0.1) is 27.1 Å². The monoisotopic (exact) mass is 402 g/mol. The SMILES string of the molecule is COc1cc(C2SCC(=O)N2Cc2ccc(N(C)C)cc2)cc(OC)c1OC. The summed E-state index contributed by atoms with van der Waals surface area (Å²) in [6.07, 6.45) is 0. The molecule has 0 bridgehead atoms. The van der Waals surface area contributed by atoms with E-state index >= 15 is 0 Å². The highest BCUT2D eigenvalue weighted by Crippen LogP contribution is 2.46. The van der Waals surface area contributed by atoms with Crippen LogP contribution < -0.4 is 19.1 Å². The van der Waals surface area contributed by atoms with E-state index in [2.05, 4.69) is 29.2 Å². The van der Waals surface area contributed by atoms with Crippen LogP contribution in [0.4, 0.5) is 5.69 Å². The van der Waals surface area contributed by atoms with Crippen molar-refractivity contribution in [2.75, 3.05) is 46.1 Å². The Labute approximate surface area is 170 Å². The van der Waals surface area contributed by atoms with E-state index in [4.69, 9.17) is 14.2 Å². The molecule has 1 heterocycles. The minimum atomic E-state index is -0.102. The number of nitrogens with zero attached hydrogens (tertiary/aromatic N) is 2. The summed E-state index contributed by atoms with van der Waals surface area (Å²) in [5, 5.41) is -0.102. The molecule has 7 heteroatoms. The van der Waals surface area contributed by atoms with Crippen LogP contribution in [-0.2, 0) is 11.3 Å². The van der Waals surface area contributed by atoms with Gasteiger partial charge in [-0.1, -0.05) is 12.1 Å². The molecule has 150 valence electrons. The van der Waals surface area contributed by atoms with Crippen molar-refractivity contribution in [3.63, 3.8) is 0 Å². The minimum absolute atomic E-state index is 0.102. The average Bonchev–Trinajstić information content (AvgIpc) is 3.07. The van der Waals surface area contributed by atoms with Crippen LogP contribution in [0.5, 0.6) is 17.2 Å². The summed E-state index contributed by atoms with van der Waals surface area (Å²) < 4.78 is 16.4. The third-order valence-corrected chi connectivity index (χ3v) is 6.00. The maximum absolute atomic E-state index is 12.6. The first-order chi connectivity index (χ1) is 13.5. The Morgan fingerprint density at radius 1 is 1.04 bits per heavy atom. The van der Waals surface area contributed by atoms with Crippen LogP contribution in [0.15, 0.2) is 36.4 Å². The third kappa shape index (κ3) is 3.99. The van der Waals surface area contributed by atoms with Crippen molar-refractivity contribution in [3.05, 3.63) is 47.5 Å². The summed E-state index contributed by atoms with van der Waals surface area (Å²) in [4.78, 5) is 16.5. The van der Waals surface area contributed by atoms with E-state index in [0.717, 1.165) is 16.8 Å². The predicted molar refractivity (Wildman–Crippen MR) is 113 cm³/mol. The molecule has 0 N–H and O–H groups in total. The normalized spacial score (nSPS) is 16.2. The van der Waals surface area contributed by atoms with E-state index in [0.29, 0.717) is 29.5 Å². The van der Waals surface area contributed by atoms with Crippen LogP contribution in [0.3, 0.4) is 0 Å². The van der Waals surface area contributed by atoms with Gasteiger partial charge in [0.15, 0.2) is 11.5 Å². The van der Waals surface area contributed by atoms with Crippen molar-refractivity contribution >= 4 is 23.4 Å². The van der Waals surface area contributed by atoms with Gasteiger partial charge in [-0.2, -0.15) is 0 Å². The number of ether oxygens (including phenoxy) is 3. The van der Waals surface area contributed by atoms with E-state index in [1.165, 1.54) is 0 Å². The number of benzene rings is 2. The Bertz CT molecular complexity index is 814. The molecule has 1 atom stereocenters. The first-order valence-electron chi connectivity index (χ1n) is 8.95. The highest BCUT2D eigenvalue weighted by Gasteiger charge is 2.34. The van der Waals surface area contributed by atoms with Gasteiger partial charge in [-0.05, 0) is 35.4 Å². The Balaban J connectivity index is 1.89. The number of thioether (sulfide) groups is 1. The summed E-state index contributed by atoms with van der Waals surface area (Å²) >= 11 is 1.61. The number of rotatable bonds is 7. The maximum atomic E-state index is 12.6. The molecule has 2 aromatic rings. The van der Waals surface area contributed by atoms with E-state index < -0.39 is 0 Å². The molecule has 6 nitrogen and oxygen atoms in total. The highest BCUT2D eigenvalue weighted by atomic mass is 32.2. The lowest BCUT2D eigenvalue weighted by molar-refractivity contribution is -0.128. The second kappa shape index (κ2) is 8.65. The minimum Gasteiger partial charge on any atom is -0.493 e. The zero-order valence-corrected chi connectivity index (χ0v) is 17.7. The molecule has 0 aliphatic carbocycles. The number of amides is 1. The van der Waals surface area contributed by atoms with Crippen molar-refractivity contribution in [2.45, 2.75) is 11.9 Å². The van der Waals surface area contributed by atoms with Crippen LogP contribution >= 0.6 is 11.8 Å². The third-order valence-electron chi connectivity index (χ3n) is 4.75. The lowest BCUT2D eigenvalue weighted by Gasteiger charge is -2.26. The van der Waals surface area contributed by atoms with Crippen LogP contribution in [-0.4, -0.2) is 52.0 Å². The molecule has 1 aliphatic heterocycles. The van der Waals surface area contributed by atoms with Gasteiger partial charge in [0, 0.05) is 26.3 Å². The molecular formula is C21H26N2O4S. The molecule has 1 saturated heterocycles. The topological polar surface area (TPSA) is 51.2 Å². The van der Waals surface area contributed by atoms with Gasteiger partial charge in [0.1, 0.15) is 5.37 Å². The smallest absolute Gasteiger partial charge is 0.234 e. The van der Waals surface area contributed by atoms with Gasteiger partial charge in [0.25, 0.3) is 0 Å². The first-order valence-corrected chi connectivity index (χ1v) is 10.0. The maximum Gasteiger partial charge on any atom is 0.234 e. The number of carbonyl (C=O) groups excluding carboxylic acids is 1. The Hall–Kier alpha value is -2.54. The lowest BCUT2D eigenvalue weighted by atomic mass is 10.1. The predicted octanol–water partition coefficient (Wildman–Crippen LogP) is 3.55. The summed E-state index contributed by atoms with van der Waals surface area (Å²) in [6, 6.07) is 12.1. The van der Waals surface area contributed by atoms with Crippen molar-refractivity contribution in [1.29, 1.82) is 0 Å². The molecule has 0 saturated carbocycles. The van der Waals surface area contributed by atoms with Crippen molar-refractivity contribution in [1.82, 2.24) is 4.90 Å². The van der Waals surface area contributed by atoms with E-state index in [9.17, 15) is 4.79 Å². The Kier molecular flexibility index (Phi) is 6.24. The zero-order chi connectivity index (χ0) is 20.3. The standard InChI is InChI=1S/C21H26N2O4S/c1-22(2)16-8-6-14(7-9-16)12-23-19(24)13-28-21(23)15-10-17(25-3)20(27-5)18(11-15)26-4/h6-11,21H,12-13H2,1-5H3. The molecular weight excluding hydrogens is 376 g/mol. The molecule has 0 aromatic heterocycles. The van der Waals surface area contributed by atoms with Gasteiger partial charge < -0.3 is 24.0 Å². The fourth-order valence-electron chi connectivity index (χ4n) is 3.24. The van der Waals surface area contributed by atoms with Gasteiger partial charge in [-0.15, -0.1) is 11.8 Å². The van der Waals surface area contributed by atoms with Crippen LogP contribution in [0.1, 0.15) is 16.5 Å². The van der Waals surface area contributed by atoms with Gasteiger partial charge in [0.2, 0.25) is 11.7 Å². The molecule has 1 aliphatic rings. The Morgan fingerprint density at radius 2 is 1.64 bits per heavy atom. The summed E-state index contributed by atoms with van der Waals surface area (Å²) in [5.74, 6) is 2.31. The lowest BCUT2D eigenvalue weighted by Crippen LogP contribution is -2.27. The largest absolute Gasteiger partial charge is 0.493 e. The molecule has 0 radical (unpaired) electrons. The fourth-order valence-corrected chi connectivity index (χ4v) is 4.41. The average molecular weight is 403 g/mol. The number of anilines is 1. The molecule has 2 aromatic carbocycles. The quantitative estimate of drug-likeness (QED) is 0.706. The van der Waals surface area contributed by atoms with Crippen molar-refractivity contribution in [3.8, 4) is 17.2 Å². The van der Waals surface area contributed by atoms with Crippen molar-refractivity contribution in [2.24, 2.45) is 0 Å². The molecule has 1 amide bonds. The van der Waals surface area contributed by atoms with E-state index in [1.807, 2.05) is 31.1 Å². The van der Waals surface area contributed by atoms with E-state index in [-0.39, 0.29) is 11.3 Å².